The molecule has 0 N–H and O–H groups in total. The number of sulfonamides is 1. The van der Waals surface area contributed by atoms with Crippen LogP contribution in [0.25, 0.3) is 0 Å². The molecular weight excluding hydrogens is 407 g/mol. The quantitative estimate of drug-likeness (QED) is 0.750. The third-order valence-electron chi connectivity index (χ3n) is 4.35. The summed E-state index contributed by atoms with van der Waals surface area (Å²) in [6.45, 7) is 3.21. The van der Waals surface area contributed by atoms with Gasteiger partial charge in [-0.3, -0.25) is 4.90 Å². The number of halogens is 2. The average Bonchev–Trinajstić information content (AvgIpc) is 2.83. The van der Waals surface area contributed by atoms with Crippen molar-refractivity contribution >= 4 is 26.0 Å². The highest BCUT2D eigenvalue weighted by molar-refractivity contribution is 9.10. The first-order valence-electron chi connectivity index (χ1n) is 8.18. The third-order valence-corrected chi connectivity index (χ3v) is 7.04. The van der Waals surface area contributed by atoms with Crippen LogP contribution in [0.15, 0.2) is 57.9 Å². The lowest BCUT2D eigenvalue weighted by Crippen LogP contribution is -2.35. The fourth-order valence-corrected chi connectivity index (χ4v) is 4.85. The van der Waals surface area contributed by atoms with E-state index in [-0.39, 0.29) is 4.90 Å². The highest BCUT2D eigenvalue weighted by Gasteiger charge is 2.27. The van der Waals surface area contributed by atoms with E-state index >= 15 is 0 Å². The van der Waals surface area contributed by atoms with Crippen LogP contribution in [0, 0.1) is 5.82 Å². The first-order chi connectivity index (χ1) is 12.0. The molecule has 3 rings (SSSR count). The van der Waals surface area contributed by atoms with Crippen molar-refractivity contribution in [1.29, 1.82) is 0 Å². The Kier molecular flexibility index (Phi) is 5.89. The second kappa shape index (κ2) is 7.95. The molecule has 2 aromatic carbocycles. The maximum absolute atomic E-state index is 13.1. The van der Waals surface area contributed by atoms with E-state index in [4.69, 9.17) is 0 Å². The van der Waals surface area contributed by atoms with Crippen molar-refractivity contribution in [3.8, 4) is 0 Å². The van der Waals surface area contributed by atoms with Crippen molar-refractivity contribution in [3.63, 3.8) is 0 Å². The fourth-order valence-electron chi connectivity index (χ4n) is 2.97. The predicted octanol–water partition coefficient (Wildman–Crippen LogP) is 3.48. The average molecular weight is 427 g/mol. The van der Waals surface area contributed by atoms with Crippen LogP contribution in [0.5, 0.6) is 0 Å². The molecule has 7 heteroatoms. The van der Waals surface area contributed by atoms with Crippen molar-refractivity contribution in [1.82, 2.24) is 9.21 Å². The molecule has 1 fully saturated rings. The fraction of sp³-hybridized carbons (Fsp3) is 0.333. The van der Waals surface area contributed by atoms with E-state index in [1.54, 1.807) is 0 Å². The zero-order chi connectivity index (χ0) is 17.9. The Bertz CT molecular complexity index is 827. The first-order valence-corrected chi connectivity index (χ1v) is 10.4. The number of rotatable bonds is 4. The predicted molar refractivity (Wildman–Crippen MR) is 99.2 cm³/mol. The third kappa shape index (κ3) is 4.47. The second-order valence-corrected chi connectivity index (χ2v) is 8.87. The molecular formula is C18H20BrFN2O2S. The van der Waals surface area contributed by atoms with Gasteiger partial charge in [-0.1, -0.05) is 34.1 Å². The van der Waals surface area contributed by atoms with Crippen LogP contribution >= 0.6 is 15.9 Å². The lowest BCUT2D eigenvalue weighted by Gasteiger charge is -2.22. The van der Waals surface area contributed by atoms with Crippen LogP contribution in [0.4, 0.5) is 4.39 Å². The van der Waals surface area contributed by atoms with Crippen molar-refractivity contribution < 1.29 is 12.8 Å². The zero-order valence-corrected chi connectivity index (χ0v) is 16.1. The number of hydrogen-bond donors (Lipinski definition) is 0. The smallest absolute Gasteiger partial charge is 0.243 e. The van der Waals surface area contributed by atoms with E-state index in [1.165, 1.54) is 34.1 Å². The van der Waals surface area contributed by atoms with Crippen molar-refractivity contribution in [2.75, 3.05) is 26.2 Å². The van der Waals surface area contributed by atoms with Gasteiger partial charge in [-0.25, -0.2) is 12.8 Å². The van der Waals surface area contributed by atoms with Crippen LogP contribution in [0.1, 0.15) is 12.0 Å². The molecule has 1 saturated heterocycles. The molecule has 0 bridgehead atoms. The van der Waals surface area contributed by atoms with Gasteiger partial charge >= 0.3 is 0 Å². The summed E-state index contributed by atoms with van der Waals surface area (Å²) in [5, 5.41) is 0. The SMILES string of the molecule is O=S(=O)(c1ccc(F)cc1)N1CCCN(Cc2ccccc2Br)CC1. The summed E-state index contributed by atoms with van der Waals surface area (Å²) in [4.78, 5) is 2.41. The number of nitrogens with zero attached hydrogens (tertiary/aromatic N) is 2. The summed E-state index contributed by atoms with van der Waals surface area (Å²) >= 11 is 3.56. The van der Waals surface area contributed by atoms with Crippen LogP contribution < -0.4 is 0 Å². The van der Waals surface area contributed by atoms with Crippen LogP contribution in [-0.4, -0.2) is 43.8 Å². The Labute approximate surface area is 156 Å². The van der Waals surface area contributed by atoms with Crippen LogP contribution in [-0.2, 0) is 16.6 Å². The van der Waals surface area contributed by atoms with Crippen LogP contribution in [0.3, 0.4) is 0 Å². The normalized spacial score (nSPS) is 17.4. The standard InChI is InChI=1S/C18H20BrFN2O2S/c19-18-5-2-1-4-15(18)14-21-10-3-11-22(13-12-21)25(23,24)17-8-6-16(20)7-9-17/h1-2,4-9H,3,10-14H2. The minimum absolute atomic E-state index is 0.146. The maximum Gasteiger partial charge on any atom is 0.243 e. The minimum Gasteiger partial charge on any atom is -0.298 e. The Morgan fingerprint density at radius 2 is 1.68 bits per heavy atom. The van der Waals surface area contributed by atoms with E-state index in [0.717, 1.165) is 24.0 Å². The highest BCUT2D eigenvalue weighted by atomic mass is 79.9. The van der Waals surface area contributed by atoms with E-state index in [1.807, 2.05) is 18.2 Å². The highest BCUT2D eigenvalue weighted by Crippen LogP contribution is 2.21. The molecule has 0 atom stereocenters. The minimum atomic E-state index is -3.58. The molecule has 1 aliphatic rings. The summed E-state index contributed by atoms with van der Waals surface area (Å²) < 4.78 is 41.1. The van der Waals surface area contributed by atoms with E-state index < -0.39 is 15.8 Å². The van der Waals surface area contributed by atoms with Crippen molar-refractivity contribution in [2.24, 2.45) is 0 Å². The lowest BCUT2D eigenvalue weighted by molar-refractivity contribution is 0.278. The molecule has 25 heavy (non-hydrogen) atoms. The summed E-state index contributed by atoms with van der Waals surface area (Å²) in [5.41, 5.74) is 1.19. The van der Waals surface area contributed by atoms with Gasteiger partial charge in [0.1, 0.15) is 5.82 Å². The monoisotopic (exact) mass is 426 g/mol. The summed E-state index contributed by atoms with van der Waals surface area (Å²) in [7, 11) is -3.58. The molecule has 0 saturated carbocycles. The topological polar surface area (TPSA) is 40.6 Å². The van der Waals surface area contributed by atoms with Crippen molar-refractivity contribution in [3.05, 3.63) is 64.4 Å². The number of benzene rings is 2. The molecule has 2 aromatic rings. The molecule has 0 radical (unpaired) electrons. The summed E-state index contributed by atoms with van der Waals surface area (Å²) in [6, 6.07) is 13.1. The van der Waals surface area contributed by atoms with E-state index in [2.05, 4.69) is 26.9 Å². The Morgan fingerprint density at radius 1 is 0.960 bits per heavy atom. The van der Waals surface area contributed by atoms with Gasteiger partial charge in [0.2, 0.25) is 10.0 Å². The zero-order valence-electron chi connectivity index (χ0n) is 13.7. The van der Waals surface area contributed by atoms with Gasteiger partial charge < -0.3 is 0 Å². The van der Waals surface area contributed by atoms with Gasteiger partial charge in [0.25, 0.3) is 0 Å². The van der Waals surface area contributed by atoms with Crippen LogP contribution in [0.2, 0.25) is 0 Å². The summed E-state index contributed by atoms with van der Waals surface area (Å²) in [6.07, 6.45) is 0.769. The second-order valence-electron chi connectivity index (χ2n) is 6.08. The van der Waals surface area contributed by atoms with Gasteiger partial charge in [-0.05, 0) is 48.9 Å². The number of hydrogen-bond acceptors (Lipinski definition) is 3. The van der Waals surface area contributed by atoms with E-state index in [9.17, 15) is 12.8 Å². The van der Waals surface area contributed by atoms with Gasteiger partial charge in [-0.2, -0.15) is 4.31 Å². The molecule has 0 aliphatic carbocycles. The molecule has 1 heterocycles. The van der Waals surface area contributed by atoms with Gasteiger partial charge in [0.05, 0.1) is 4.90 Å². The molecule has 134 valence electrons. The molecule has 0 amide bonds. The Balaban J connectivity index is 1.69. The Hall–Kier alpha value is -1.28. The molecule has 0 spiro atoms. The molecule has 0 unspecified atom stereocenters. The van der Waals surface area contributed by atoms with Crippen molar-refractivity contribution in [2.45, 2.75) is 17.9 Å². The van der Waals surface area contributed by atoms with Gasteiger partial charge in [0, 0.05) is 30.7 Å². The molecule has 0 aromatic heterocycles. The maximum atomic E-state index is 13.1. The van der Waals surface area contributed by atoms with E-state index in [0.29, 0.717) is 19.6 Å². The molecule has 1 aliphatic heterocycles. The van der Waals surface area contributed by atoms with Gasteiger partial charge in [0.15, 0.2) is 0 Å². The Morgan fingerprint density at radius 3 is 2.40 bits per heavy atom. The largest absolute Gasteiger partial charge is 0.298 e. The first kappa shape index (κ1) is 18.5. The molecule has 4 nitrogen and oxygen atoms in total. The summed E-state index contributed by atoms with van der Waals surface area (Å²) in [5.74, 6) is -0.436. The lowest BCUT2D eigenvalue weighted by atomic mass is 10.2. The van der Waals surface area contributed by atoms with Gasteiger partial charge in [-0.15, -0.1) is 0 Å².